The number of pyridine rings is 2. The molecule has 4 aromatic rings. The summed E-state index contributed by atoms with van der Waals surface area (Å²) in [5.41, 5.74) is 3.22. The number of ether oxygens (including phenoxy) is 1. The number of alkyl halides is 3. The predicted molar refractivity (Wildman–Crippen MR) is 147 cm³/mol. The number of hydrogen-bond donors (Lipinski definition) is 0. The average molecular weight is 566 g/mol. The number of anilines is 1. The monoisotopic (exact) mass is 565 g/mol. The molecule has 12 heteroatoms. The molecule has 0 unspecified atom stereocenters. The molecule has 0 amide bonds. The molecule has 1 aliphatic rings. The maximum absolute atomic E-state index is 13.4. The number of aryl methyl sites for hydroxylation is 1. The predicted octanol–water partition coefficient (Wildman–Crippen LogP) is 4.63. The van der Waals surface area contributed by atoms with Crippen molar-refractivity contribution in [2.45, 2.75) is 26.4 Å². The normalized spacial score (nSPS) is 14.3. The van der Waals surface area contributed by atoms with E-state index in [1.807, 2.05) is 12.3 Å². The van der Waals surface area contributed by atoms with E-state index in [2.05, 4.69) is 37.0 Å². The van der Waals surface area contributed by atoms with E-state index in [0.29, 0.717) is 22.6 Å². The number of methoxy groups -OCH3 is 1. The molecule has 0 atom stereocenters. The SMILES string of the molecule is CCN1CCN(c2cncc(-c3cn(-c4cc(CC(=O)c5ccc(OC)c(C(F)(F)F)c5)cnc4C)nn3)c2)CC1. The second-order valence-corrected chi connectivity index (χ2v) is 9.86. The molecule has 41 heavy (non-hydrogen) atoms. The third-order valence-electron chi connectivity index (χ3n) is 7.25. The minimum atomic E-state index is -4.65. The van der Waals surface area contributed by atoms with E-state index in [1.165, 1.54) is 12.3 Å². The van der Waals surface area contributed by atoms with Gasteiger partial charge in [0.1, 0.15) is 11.4 Å². The molecule has 0 aliphatic carbocycles. The van der Waals surface area contributed by atoms with Gasteiger partial charge in [-0.3, -0.25) is 14.8 Å². The van der Waals surface area contributed by atoms with Gasteiger partial charge >= 0.3 is 6.18 Å². The summed E-state index contributed by atoms with van der Waals surface area (Å²) in [6.07, 6.45) is 2.11. The standard InChI is InChI=1S/C29H30F3N7O2/c1-4-37-7-9-38(10-8-37)23-13-22(16-33-17-23)25-18-39(36-35-25)26-11-20(15-34-19(26)2)12-27(40)21-5-6-28(41-3)24(14-21)29(30,31)32/h5-6,11,13-18H,4,7-10,12H2,1-3H3. The van der Waals surface area contributed by atoms with Crippen LogP contribution in [-0.4, -0.2) is 75.5 Å². The zero-order valence-corrected chi connectivity index (χ0v) is 23.0. The lowest BCUT2D eigenvalue weighted by atomic mass is 10.0. The minimum absolute atomic E-state index is 0.0632. The van der Waals surface area contributed by atoms with Crippen LogP contribution in [0.3, 0.4) is 0 Å². The van der Waals surface area contributed by atoms with Gasteiger partial charge in [-0.15, -0.1) is 5.10 Å². The molecule has 1 aromatic carbocycles. The largest absolute Gasteiger partial charge is 0.496 e. The van der Waals surface area contributed by atoms with E-state index in [1.54, 1.807) is 30.1 Å². The van der Waals surface area contributed by atoms with E-state index in [4.69, 9.17) is 4.74 Å². The highest BCUT2D eigenvalue weighted by Crippen LogP contribution is 2.37. The van der Waals surface area contributed by atoms with Crippen LogP contribution in [0, 0.1) is 6.92 Å². The van der Waals surface area contributed by atoms with E-state index in [-0.39, 0.29) is 17.7 Å². The Morgan fingerprint density at radius 2 is 1.83 bits per heavy atom. The number of carbonyl (C=O) groups excluding carboxylic acids is 1. The molecule has 1 saturated heterocycles. The lowest BCUT2D eigenvalue weighted by Crippen LogP contribution is -2.46. The van der Waals surface area contributed by atoms with Crippen molar-refractivity contribution in [3.8, 4) is 22.7 Å². The Kier molecular flexibility index (Phi) is 8.02. The Morgan fingerprint density at radius 1 is 1.05 bits per heavy atom. The van der Waals surface area contributed by atoms with Crippen LogP contribution >= 0.6 is 0 Å². The van der Waals surface area contributed by atoms with Crippen molar-refractivity contribution in [3.05, 3.63) is 77.5 Å². The molecule has 214 valence electrons. The van der Waals surface area contributed by atoms with Gasteiger partial charge in [0.05, 0.1) is 42.1 Å². The zero-order valence-electron chi connectivity index (χ0n) is 23.0. The first kappa shape index (κ1) is 28.2. The molecular weight excluding hydrogens is 535 g/mol. The molecule has 3 aromatic heterocycles. The molecule has 1 aliphatic heterocycles. The van der Waals surface area contributed by atoms with Crippen molar-refractivity contribution >= 4 is 11.5 Å². The van der Waals surface area contributed by atoms with E-state index >= 15 is 0 Å². The Balaban J connectivity index is 1.35. The molecule has 0 saturated carbocycles. The van der Waals surface area contributed by atoms with Gasteiger partial charge in [-0.2, -0.15) is 13.2 Å². The van der Waals surface area contributed by atoms with Crippen LogP contribution < -0.4 is 9.64 Å². The summed E-state index contributed by atoms with van der Waals surface area (Å²) in [5, 5.41) is 8.61. The van der Waals surface area contributed by atoms with Gasteiger partial charge in [-0.05, 0) is 49.4 Å². The van der Waals surface area contributed by atoms with Crippen LogP contribution in [0.15, 0.2) is 55.1 Å². The molecular formula is C29H30F3N7O2. The number of Topliss-reactive ketones (excluding diaryl/α,β-unsaturated/α-hetero) is 1. The van der Waals surface area contributed by atoms with E-state index in [9.17, 15) is 18.0 Å². The maximum Gasteiger partial charge on any atom is 0.419 e. The number of benzene rings is 1. The minimum Gasteiger partial charge on any atom is -0.496 e. The number of ketones is 1. The topological polar surface area (TPSA) is 89.3 Å². The molecule has 5 rings (SSSR count). The summed E-state index contributed by atoms with van der Waals surface area (Å²) >= 11 is 0. The Morgan fingerprint density at radius 3 is 2.54 bits per heavy atom. The lowest BCUT2D eigenvalue weighted by Gasteiger charge is -2.35. The van der Waals surface area contributed by atoms with Crippen LogP contribution in [0.1, 0.15) is 34.1 Å². The Labute approximate surface area is 235 Å². The molecule has 0 spiro atoms. The number of nitrogens with zero attached hydrogens (tertiary/aromatic N) is 7. The van der Waals surface area contributed by atoms with Gasteiger partial charge in [-0.1, -0.05) is 12.1 Å². The van der Waals surface area contributed by atoms with Gasteiger partial charge in [0.15, 0.2) is 5.78 Å². The number of likely N-dealkylation sites (N-methyl/N-ethyl adjacent to an activating group) is 1. The Bertz CT molecular complexity index is 1550. The average Bonchev–Trinajstić information content (AvgIpc) is 3.48. The van der Waals surface area contributed by atoms with Crippen LogP contribution in [-0.2, 0) is 12.6 Å². The van der Waals surface area contributed by atoms with Gasteiger partial charge in [0.25, 0.3) is 0 Å². The van der Waals surface area contributed by atoms with Crippen LogP contribution in [0.4, 0.5) is 18.9 Å². The quantitative estimate of drug-likeness (QED) is 0.286. The lowest BCUT2D eigenvalue weighted by molar-refractivity contribution is -0.138. The number of piperazine rings is 1. The maximum atomic E-state index is 13.4. The molecule has 9 nitrogen and oxygen atoms in total. The van der Waals surface area contributed by atoms with E-state index < -0.39 is 17.5 Å². The molecule has 4 heterocycles. The smallest absolute Gasteiger partial charge is 0.419 e. The highest BCUT2D eigenvalue weighted by atomic mass is 19.4. The van der Waals surface area contributed by atoms with Crippen molar-refractivity contribution in [2.75, 3.05) is 44.7 Å². The van der Waals surface area contributed by atoms with Crippen molar-refractivity contribution in [2.24, 2.45) is 0 Å². The number of rotatable bonds is 8. The fourth-order valence-electron chi connectivity index (χ4n) is 4.86. The van der Waals surface area contributed by atoms with Crippen LogP contribution in [0.5, 0.6) is 5.75 Å². The van der Waals surface area contributed by atoms with Gasteiger partial charge < -0.3 is 14.5 Å². The van der Waals surface area contributed by atoms with Gasteiger partial charge in [-0.25, -0.2) is 4.68 Å². The number of hydrogen-bond acceptors (Lipinski definition) is 8. The van der Waals surface area contributed by atoms with Crippen molar-refractivity contribution in [1.82, 2.24) is 29.9 Å². The fourth-order valence-corrected chi connectivity index (χ4v) is 4.86. The Hall–Kier alpha value is -4.32. The van der Waals surface area contributed by atoms with Crippen molar-refractivity contribution in [3.63, 3.8) is 0 Å². The van der Waals surface area contributed by atoms with Gasteiger partial charge in [0.2, 0.25) is 0 Å². The summed E-state index contributed by atoms with van der Waals surface area (Å²) in [6, 6.07) is 7.09. The number of carbonyl (C=O) groups is 1. The zero-order chi connectivity index (χ0) is 29.1. The second-order valence-electron chi connectivity index (χ2n) is 9.86. The first-order valence-corrected chi connectivity index (χ1v) is 13.3. The van der Waals surface area contributed by atoms with Crippen LogP contribution in [0.2, 0.25) is 0 Å². The van der Waals surface area contributed by atoms with Crippen molar-refractivity contribution in [1.29, 1.82) is 0 Å². The third-order valence-corrected chi connectivity index (χ3v) is 7.25. The van der Waals surface area contributed by atoms with Gasteiger partial charge in [0, 0.05) is 56.1 Å². The number of halogens is 3. The molecule has 1 fully saturated rings. The molecule has 0 radical (unpaired) electrons. The highest BCUT2D eigenvalue weighted by Gasteiger charge is 2.35. The summed E-state index contributed by atoms with van der Waals surface area (Å²) in [4.78, 5) is 26.5. The first-order chi connectivity index (χ1) is 19.7. The number of aromatic nitrogens is 5. The summed E-state index contributed by atoms with van der Waals surface area (Å²) in [7, 11) is 1.16. The van der Waals surface area contributed by atoms with E-state index in [0.717, 1.165) is 63.2 Å². The van der Waals surface area contributed by atoms with Crippen LogP contribution in [0.25, 0.3) is 16.9 Å². The summed E-state index contributed by atoms with van der Waals surface area (Å²) in [5.74, 6) is -0.813. The van der Waals surface area contributed by atoms with Crippen molar-refractivity contribution < 1.29 is 22.7 Å². The fraction of sp³-hybridized carbons (Fsp3) is 0.345. The highest BCUT2D eigenvalue weighted by molar-refractivity contribution is 5.98. The molecule has 0 bridgehead atoms. The third kappa shape index (κ3) is 6.22. The summed E-state index contributed by atoms with van der Waals surface area (Å²) in [6.45, 7) is 8.87. The second kappa shape index (κ2) is 11.7. The first-order valence-electron chi connectivity index (χ1n) is 13.3. The summed E-state index contributed by atoms with van der Waals surface area (Å²) < 4.78 is 46.7. The molecule has 0 N–H and O–H groups in total.